The summed E-state index contributed by atoms with van der Waals surface area (Å²) < 4.78 is 0. The molecule has 0 radical (unpaired) electrons. The second kappa shape index (κ2) is 4.00. The van der Waals surface area contributed by atoms with Gasteiger partial charge < -0.3 is 10.6 Å². The molecule has 2 N–H and O–H groups in total. The number of para-hydroxylation sites is 2. The summed E-state index contributed by atoms with van der Waals surface area (Å²) in [7, 11) is 0. The summed E-state index contributed by atoms with van der Waals surface area (Å²) in [5.74, 6) is 1.04. The molecule has 0 spiro atoms. The van der Waals surface area contributed by atoms with Gasteiger partial charge in [-0.1, -0.05) is 12.1 Å². The number of benzene rings is 1. The van der Waals surface area contributed by atoms with Crippen molar-refractivity contribution in [2.75, 3.05) is 17.2 Å². The fraction of sp³-hybridized carbons (Fsp3) is 0.308. The van der Waals surface area contributed by atoms with Gasteiger partial charge in [0.25, 0.3) is 0 Å². The predicted molar refractivity (Wildman–Crippen MR) is 67.9 cm³/mol. The monoisotopic (exact) mass is 213 g/mol. The average Bonchev–Trinajstić information content (AvgIpc) is 2.61. The Morgan fingerprint density at radius 1 is 1.12 bits per heavy atom. The van der Waals surface area contributed by atoms with Crippen LogP contribution < -0.4 is 10.6 Å². The van der Waals surface area contributed by atoms with Crippen molar-refractivity contribution < 1.29 is 0 Å². The summed E-state index contributed by atoms with van der Waals surface area (Å²) in [6.07, 6.45) is 5.42. The molecule has 16 heavy (non-hydrogen) atoms. The van der Waals surface area contributed by atoms with Crippen LogP contribution in [-0.4, -0.2) is 12.8 Å². The van der Waals surface area contributed by atoms with Crippen LogP contribution in [0.25, 0.3) is 0 Å². The highest BCUT2D eigenvalue weighted by Gasteiger charge is 2.14. The van der Waals surface area contributed by atoms with Crippen molar-refractivity contribution in [3.63, 3.8) is 0 Å². The number of hydrogen-bond acceptors (Lipinski definition) is 3. The van der Waals surface area contributed by atoms with Gasteiger partial charge in [-0.2, -0.15) is 0 Å². The molecule has 0 bridgehead atoms. The maximum atomic E-state index is 4.51. The van der Waals surface area contributed by atoms with Gasteiger partial charge in [-0.3, -0.25) is 0 Å². The minimum absolute atomic E-state index is 0.899. The Balaban J connectivity index is 1.99. The normalized spacial score (nSPS) is 18.8. The smallest absolute Gasteiger partial charge is 0.130 e. The highest BCUT2D eigenvalue weighted by molar-refractivity contribution is 5.73. The zero-order chi connectivity index (χ0) is 10.8. The quantitative estimate of drug-likeness (QED) is 0.695. The van der Waals surface area contributed by atoms with E-state index in [1.807, 2.05) is 18.3 Å². The molecule has 2 aliphatic heterocycles. The summed E-state index contributed by atoms with van der Waals surface area (Å²) in [4.78, 5) is 4.51. The van der Waals surface area contributed by atoms with Crippen LogP contribution in [0.15, 0.2) is 40.7 Å². The molecule has 2 aliphatic rings. The van der Waals surface area contributed by atoms with E-state index in [9.17, 15) is 0 Å². The first-order valence-electron chi connectivity index (χ1n) is 5.78. The first-order valence-corrected chi connectivity index (χ1v) is 5.78. The highest BCUT2D eigenvalue weighted by atomic mass is 15.1. The largest absolute Gasteiger partial charge is 0.379 e. The Labute approximate surface area is 95.3 Å². The van der Waals surface area contributed by atoms with Crippen molar-refractivity contribution in [2.24, 2.45) is 4.99 Å². The topological polar surface area (TPSA) is 36.4 Å². The minimum atomic E-state index is 0.899. The van der Waals surface area contributed by atoms with Crippen LogP contribution in [0.2, 0.25) is 0 Å². The van der Waals surface area contributed by atoms with Gasteiger partial charge in [-0.15, -0.1) is 0 Å². The summed E-state index contributed by atoms with van der Waals surface area (Å²) in [6.45, 7) is 0.899. The van der Waals surface area contributed by atoms with Crippen LogP contribution in [0.3, 0.4) is 0 Å². The van der Waals surface area contributed by atoms with Crippen LogP contribution in [0.1, 0.15) is 19.3 Å². The molecular formula is C13H15N3. The van der Waals surface area contributed by atoms with Crippen LogP contribution in [-0.2, 0) is 0 Å². The maximum Gasteiger partial charge on any atom is 0.130 e. The van der Waals surface area contributed by atoms with E-state index in [1.54, 1.807) is 0 Å². The number of rotatable bonds is 0. The van der Waals surface area contributed by atoms with E-state index in [2.05, 4.69) is 27.8 Å². The number of nitrogens with one attached hydrogen (secondary N) is 2. The summed E-state index contributed by atoms with van der Waals surface area (Å²) in [5, 5.41) is 6.88. The van der Waals surface area contributed by atoms with E-state index in [0.29, 0.717) is 0 Å². The fourth-order valence-corrected chi connectivity index (χ4v) is 2.14. The van der Waals surface area contributed by atoms with E-state index in [-0.39, 0.29) is 0 Å². The third-order valence-corrected chi connectivity index (χ3v) is 3.04. The second-order valence-corrected chi connectivity index (χ2v) is 4.18. The molecule has 3 nitrogen and oxygen atoms in total. The van der Waals surface area contributed by atoms with E-state index < -0.39 is 0 Å². The zero-order valence-corrected chi connectivity index (χ0v) is 9.16. The number of hydrogen-bond donors (Lipinski definition) is 2. The van der Waals surface area contributed by atoms with Gasteiger partial charge in [0.05, 0.1) is 11.4 Å². The molecule has 0 amide bonds. The molecule has 0 fully saturated rings. The summed E-state index contributed by atoms with van der Waals surface area (Å²) >= 11 is 0. The molecule has 0 aliphatic carbocycles. The molecule has 0 atom stereocenters. The molecule has 2 heterocycles. The first-order chi connectivity index (χ1) is 7.93. The van der Waals surface area contributed by atoms with Crippen molar-refractivity contribution in [2.45, 2.75) is 19.3 Å². The Bertz CT molecular complexity index is 460. The molecule has 0 unspecified atom stereocenters. The lowest BCUT2D eigenvalue weighted by Gasteiger charge is -2.08. The third kappa shape index (κ3) is 1.69. The van der Waals surface area contributed by atoms with Crippen molar-refractivity contribution in [3.05, 3.63) is 35.7 Å². The molecule has 1 aromatic carbocycles. The van der Waals surface area contributed by atoms with Gasteiger partial charge >= 0.3 is 0 Å². The van der Waals surface area contributed by atoms with Crippen LogP contribution in [0.4, 0.5) is 11.4 Å². The van der Waals surface area contributed by atoms with Gasteiger partial charge in [-0.05, 0) is 37.0 Å². The molecule has 3 rings (SSSR count). The summed E-state index contributed by atoms with van der Waals surface area (Å²) in [5.41, 5.74) is 3.65. The highest BCUT2D eigenvalue weighted by Crippen LogP contribution is 2.29. The van der Waals surface area contributed by atoms with E-state index in [4.69, 9.17) is 0 Å². The lowest BCUT2D eigenvalue weighted by atomic mass is 10.1. The molecule has 1 aromatic rings. The van der Waals surface area contributed by atoms with Gasteiger partial charge in [0.1, 0.15) is 5.82 Å². The summed E-state index contributed by atoms with van der Waals surface area (Å²) in [6, 6.07) is 8.27. The average molecular weight is 213 g/mol. The molecule has 0 saturated heterocycles. The van der Waals surface area contributed by atoms with Crippen molar-refractivity contribution in [1.29, 1.82) is 0 Å². The van der Waals surface area contributed by atoms with Crippen LogP contribution in [0.5, 0.6) is 0 Å². The molecule has 82 valence electrons. The SMILES string of the molecule is C1=NC2=C(CCC1)CNc1ccccc1N2. The standard InChI is InChI=1S/C13H15N3/c1-2-7-12-11(6-1)15-9-10-5-3-4-8-14-13(10)16-12/h1-2,6-8,15-16H,3-5,9H2. The fourth-order valence-electron chi connectivity index (χ4n) is 2.14. The molecule has 0 saturated carbocycles. The van der Waals surface area contributed by atoms with Crippen molar-refractivity contribution in [1.82, 2.24) is 0 Å². The van der Waals surface area contributed by atoms with Crippen molar-refractivity contribution >= 4 is 17.6 Å². The Hall–Kier alpha value is -1.77. The lowest BCUT2D eigenvalue weighted by molar-refractivity contribution is 0.851. The number of anilines is 2. The van der Waals surface area contributed by atoms with Crippen LogP contribution >= 0.6 is 0 Å². The van der Waals surface area contributed by atoms with Gasteiger partial charge in [0, 0.05) is 12.8 Å². The molecule has 0 aromatic heterocycles. The van der Waals surface area contributed by atoms with E-state index in [1.165, 1.54) is 12.0 Å². The van der Waals surface area contributed by atoms with E-state index >= 15 is 0 Å². The number of nitrogens with zero attached hydrogens (tertiary/aromatic N) is 1. The predicted octanol–water partition coefficient (Wildman–Crippen LogP) is 2.99. The third-order valence-electron chi connectivity index (χ3n) is 3.04. The zero-order valence-electron chi connectivity index (χ0n) is 9.16. The van der Waals surface area contributed by atoms with Gasteiger partial charge in [0.2, 0.25) is 0 Å². The molecular weight excluding hydrogens is 198 g/mol. The minimum Gasteiger partial charge on any atom is -0.379 e. The Kier molecular flexibility index (Phi) is 2.37. The first kappa shape index (κ1) is 9.46. The lowest BCUT2D eigenvalue weighted by Crippen LogP contribution is -2.04. The number of aliphatic imine (C=N–C) groups is 1. The van der Waals surface area contributed by atoms with E-state index in [0.717, 1.165) is 36.6 Å². The second-order valence-electron chi connectivity index (χ2n) is 4.18. The molecule has 3 heteroatoms. The number of fused-ring (bicyclic) bond motifs is 1. The van der Waals surface area contributed by atoms with Gasteiger partial charge in [-0.25, -0.2) is 4.99 Å². The maximum absolute atomic E-state index is 4.51. The van der Waals surface area contributed by atoms with Crippen molar-refractivity contribution in [3.8, 4) is 0 Å². The Morgan fingerprint density at radius 2 is 2.00 bits per heavy atom. The van der Waals surface area contributed by atoms with Gasteiger partial charge in [0.15, 0.2) is 0 Å². The van der Waals surface area contributed by atoms with Crippen LogP contribution in [0, 0.1) is 0 Å². The Morgan fingerprint density at radius 3 is 2.94 bits per heavy atom.